The Bertz CT molecular complexity index is 992. The first-order valence-corrected chi connectivity index (χ1v) is 24.7. The number of amides is 1. The summed E-state index contributed by atoms with van der Waals surface area (Å²) >= 11 is 0. The molecule has 4 heteroatoms. The third kappa shape index (κ3) is 44.8. The summed E-state index contributed by atoms with van der Waals surface area (Å²) in [6.45, 7) is 4.23. The molecule has 0 bridgehead atoms. The smallest absolute Gasteiger partial charge is 0.220 e. The lowest BCUT2D eigenvalue weighted by Crippen LogP contribution is -2.45. The van der Waals surface area contributed by atoms with Gasteiger partial charge in [-0.05, 0) is 77.0 Å². The number of carbonyl (C=O) groups is 1. The fourth-order valence-electron chi connectivity index (χ4n) is 7.09. The first-order valence-electron chi connectivity index (χ1n) is 24.7. The number of aliphatic hydroxyl groups excluding tert-OH is 2. The van der Waals surface area contributed by atoms with Gasteiger partial charge in [-0.1, -0.05) is 228 Å². The van der Waals surface area contributed by atoms with Gasteiger partial charge in [0.1, 0.15) is 0 Å². The minimum Gasteiger partial charge on any atom is -0.394 e. The van der Waals surface area contributed by atoms with Crippen LogP contribution in [0.3, 0.4) is 0 Å². The summed E-state index contributed by atoms with van der Waals surface area (Å²) in [5.74, 6) is -0.0798. The van der Waals surface area contributed by atoms with Crippen LogP contribution in [-0.2, 0) is 4.79 Å². The second-order valence-corrected chi connectivity index (χ2v) is 16.5. The van der Waals surface area contributed by atoms with Gasteiger partial charge in [-0.25, -0.2) is 0 Å². The lowest BCUT2D eigenvalue weighted by Gasteiger charge is -2.19. The van der Waals surface area contributed by atoms with E-state index in [1.807, 2.05) is 6.08 Å². The number of allylic oxidation sites excluding steroid dienone is 11. The number of nitrogens with one attached hydrogen (secondary N) is 1. The van der Waals surface area contributed by atoms with Crippen molar-refractivity contribution in [1.82, 2.24) is 5.32 Å². The SMILES string of the molecule is CCCC/C=C/CC/C=C/CC/C=C/C(O)C(CO)NC(=O)CCCCCCCCCCCCCCCCCCCC/C=C\C/C=C\C/C=C\CCCCCCC. The Balaban J connectivity index is 3.49. The van der Waals surface area contributed by atoms with Crippen LogP contribution in [0.25, 0.3) is 0 Å². The molecule has 0 aliphatic heterocycles. The lowest BCUT2D eigenvalue weighted by atomic mass is 10.0. The van der Waals surface area contributed by atoms with E-state index < -0.39 is 12.1 Å². The molecule has 0 aliphatic rings. The first-order chi connectivity index (χ1) is 28.2. The van der Waals surface area contributed by atoms with Gasteiger partial charge in [-0.15, -0.1) is 0 Å². The maximum Gasteiger partial charge on any atom is 0.220 e. The van der Waals surface area contributed by atoms with E-state index in [0.717, 1.165) is 51.4 Å². The van der Waals surface area contributed by atoms with Gasteiger partial charge < -0.3 is 15.5 Å². The third-order valence-electron chi connectivity index (χ3n) is 10.9. The average Bonchev–Trinajstić information content (AvgIpc) is 3.22. The summed E-state index contributed by atoms with van der Waals surface area (Å²) in [7, 11) is 0. The first kappa shape index (κ1) is 54.8. The van der Waals surface area contributed by atoms with E-state index in [9.17, 15) is 15.0 Å². The predicted molar refractivity (Wildman–Crippen MR) is 253 cm³/mol. The molecular formula is C53H95NO3. The normalized spacial score (nSPS) is 13.5. The second-order valence-electron chi connectivity index (χ2n) is 16.5. The lowest BCUT2D eigenvalue weighted by molar-refractivity contribution is -0.123. The van der Waals surface area contributed by atoms with Crippen molar-refractivity contribution in [3.05, 3.63) is 72.9 Å². The molecule has 4 nitrogen and oxygen atoms in total. The monoisotopic (exact) mass is 794 g/mol. The summed E-state index contributed by atoms with van der Waals surface area (Å²) < 4.78 is 0. The quantitative estimate of drug-likeness (QED) is 0.0425. The molecule has 0 aromatic heterocycles. The fraction of sp³-hybridized carbons (Fsp3) is 0.755. The number of rotatable bonds is 44. The van der Waals surface area contributed by atoms with Crippen molar-refractivity contribution in [2.45, 2.75) is 251 Å². The van der Waals surface area contributed by atoms with Gasteiger partial charge in [0.05, 0.1) is 18.8 Å². The van der Waals surface area contributed by atoms with Crippen LogP contribution in [0.5, 0.6) is 0 Å². The zero-order chi connectivity index (χ0) is 41.4. The Morgan fingerprint density at radius 1 is 0.421 bits per heavy atom. The molecule has 0 saturated carbocycles. The van der Waals surface area contributed by atoms with Gasteiger partial charge in [0.2, 0.25) is 5.91 Å². The number of hydrogen-bond acceptors (Lipinski definition) is 3. The highest BCUT2D eigenvalue weighted by atomic mass is 16.3. The Morgan fingerprint density at radius 2 is 0.754 bits per heavy atom. The summed E-state index contributed by atoms with van der Waals surface area (Å²) in [5, 5.41) is 22.9. The van der Waals surface area contributed by atoms with Crippen LogP contribution in [0.15, 0.2) is 72.9 Å². The van der Waals surface area contributed by atoms with E-state index in [1.165, 1.54) is 167 Å². The van der Waals surface area contributed by atoms with E-state index in [0.29, 0.717) is 6.42 Å². The highest BCUT2D eigenvalue weighted by molar-refractivity contribution is 5.76. The number of carbonyl (C=O) groups excluding carboxylic acids is 1. The average molecular weight is 794 g/mol. The Labute approximate surface area is 355 Å². The number of unbranched alkanes of at least 4 members (excludes halogenated alkanes) is 27. The second kappa shape index (κ2) is 48.2. The van der Waals surface area contributed by atoms with Crippen molar-refractivity contribution in [3.8, 4) is 0 Å². The molecule has 57 heavy (non-hydrogen) atoms. The topological polar surface area (TPSA) is 69.6 Å². The summed E-state index contributed by atoms with van der Waals surface area (Å²) in [4.78, 5) is 12.4. The Kier molecular flexibility index (Phi) is 46.4. The largest absolute Gasteiger partial charge is 0.394 e. The van der Waals surface area contributed by atoms with Crippen LogP contribution in [0, 0.1) is 0 Å². The number of hydrogen-bond donors (Lipinski definition) is 3. The molecule has 0 aliphatic carbocycles. The molecule has 0 heterocycles. The maximum absolute atomic E-state index is 12.4. The maximum atomic E-state index is 12.4. The van der Waals surface area contributed by atoms with E-state index in [-0.39, 0.29) is 12.5 Å². The van der Waals surface area contributed by atoms with E-state index in [4.69, 9.17) is 0 Å². The van der Waals surface area contributed by atoms with Gasteiger partial charge in [0.15, 0.2) is 0 Å². The standard InChI is InChI=1S/C53H95NO3/c1-3-5-7-9-11-13-15-17-18-19-20-21-22-23-24-25-26-27-28-29-30-31-32-33-34-35-36-37-39-41-43-45-47-49-53(57)54-51(50-55)52(56)48-46-44-42-40-38-16-14-12-10-8-6-4-2/h10,12,15,17,19-20,22-23,38,40,46,48,51-52,55-56H,3-9,11,13-14,16,18,21,24-37,39,41-45,47,49-50H2,1-2H3,(H,54,57)/b12-10+,17-15-,20-19-,23-22-,40-38+,48-46+. The minimum absolute atomic E-state index is 0.0798. The molecule has 0 saturated heterocycles. The Hall–Kier alpha value is -2.17. The van der Waals surface area contributed by atoms with E-state index in [2.05, 4.69) is 79.9 Å². The molecule has 2 unspecified atom stereocenters. The molecule has 330 valence electrons. The molecule has 0 radical (unpaired) electrons. The van der Waals surface area contributed by atoms with E-state index in [1.54, 1.807) is 6.08 Å². The predicted octanol–water partition coefficient (Wildman–Crippen LogP) is 15.9. The van der Waals surface area contributed by atoms with Crippen molar-refractivity contribution < 1.29 is 15.0 Å². The molecule has 0 aromatic carbocycles. The molecular weight excluding hydrogens is 699 g/mol. The van der Waals surface area contributed by atoms with Crippen LogP contribution in [0.4, 0.5) is 0 Å². The molecule has 0 rings (SSSR count). The molecule has 0 fully saturated rings. The van der Waals surface area contributed by atoms with Crippen LogP contribution in [0.2, 0.25) is 0 Å². The molecule has 1 amide bonds. The zero-order valence-corrected chi connectivity index (χ0v) is 37.8. The molecule has 0 aromatic rings. The highest BCUT2D eigenvalue weighted by Crippen LogP contribution is 2.15. The van der Waals surface area contributed by atoms with Crippen molar-refractivity contribution in [3.63, 3.8) is 0 Å². The van der Waals surface area contributed by atoms with Gasteiger partial charge in [0.25, 0.3) is 0 Å². The summed E-state index contributed by atoms with van der Waals surface area (Å²) in [5.41, 5.74) is 0. The van der Waals surface area contributed by atoms with Gasteiger partial charge in [0, 0.05) is 6.42 Å². The van der Waals surface area contributed by atoms with Gasteiger partial charge in [-0.3, -0.25) is 4.79 Å². The van der Waals surface area contributed by atoms with E-state index >= 15 is 0 Å². The Morgan fingerprint density at radius 3 is 1.19 bits per heavy atom. The van der Waals surface area contributed by atoms with Crippen LogP contribution >= 0.6 is 0 Å². The summed E-state index contributed by atoms with van der Waals surface area (Å²) in [6, 6.07) is -0.646. The van der Waals surface area contributed by atoms with Crippen molar-refractivity contribution >= 4 is 5.91 Å². The number of aliphatic hydroxyl groups is 2. The van der Waals surface area contributed by atoms with Crippen molar-refractivity contribution in [2.75, 3.05) is 6.61 Å². The van der Waals surface area contributed by atoms with Crippen LogP contribution in [-0.4, -0.2) is 34.9 Å². The molecule has 2 atom stereocenters. The van der Waals surface area contributed by atoms with Crippen LogP contribution in [0.1, 0.15) is 239 Å². The minimum atomic E-state index is -0.870. The molecule has 3 N–H and O–H groups in total. The zero-order valence-electron chi connectivity index (χ0n) is 37.8. The fourth-order valence-corrected chi connectivity index (χ4v) is 7.09. The van der Waals surface area contributed by atoms with Gasteiger partial charge in [-0.2, -0.15) is 0 Å². The van der Waals surface area contributed by atoms with Crippen molar-refractivity contribution in [2.24, 2.45) is 0 Å². The van der Waals surface area contributed by atoms with Gasteiger partial charge >= 0.3 is 0 Å². The van der Waals surface area contributed by atoms with Crippen LogP contribution < -0.4 is 5.32 Å². The third-order valence-corrected chi connectivity index (χ3v) is 10.9. The highest BCUT2D eigenvalue weighted by Gasteiger charge is 2.17. The molecule has 0 spiro atoms. The summed E-state index contributed by atoms with van der Waals surface area (Å²) in [6.07, 6.45) is 69.0. The van der Waals surface area contributed by atoms with Crippen molar-refractivity contribution in [1.29, 1.82) is 0 Å².